The SMILES string of the molecule is NCc1cccc(-c2cc(C(N)=O)nc3c2ccn3-c2ccccc2CC(=O)O)c1. The average Bonchev–Trinajstić information content (AvgIpc) is 3.17. The molecule has 0 bridgehead atoms. The van der Waals surface area contributed by atoms with Crippen LogP contribution in [-0.2, 0) is 17.8 Å². The Bertz CT molecular complexity index is 1280. The molecular formula is C23H20N4O3. The third kappa shape index (κ3) is 3.54. The molecule has 0 radical (unpaired) electrons. The monoisotopic (exact) mass is 400 g/mol. The topological polar surface area (TPSA) is 124 Å². The first-order chi connectivity index (χ1) is 14.5. The molecule has 0 aliphatic rings. The Morgan fingerprint density at radius 2 is 1.83 bits per heavy atom. The summed E-state index contributed by atoms with van der Waals surface area (Å²) in [5.74, 6) is -1.57. The van der Waals surface area contributed by atoms with Crippen LogP contribution in [0.2, 0.25) is 0 Å². The van der Waals surface area contributed by atoms with Crippen LogP contribution in [0.15, 0.2) is 66.9 Å². The number of hydrogen-bond acceptors (Lipinski definition) is 4. The summed E-state index contributed by atoms with van der Waals surface area (Å²) in [6.45, 7) is 0.397. The third-order valence-corrected chi connectivity index (χ3v) is 4.98. The number of para-hydroxylation sites is 1. The van der Waals surface area contributed by atoms with Gasteiger partial charge in [-0.1, -0.05) is 36.4 Å². The standard InChI is InChI=1S/C23H20N4O3/c24-13-14-4-3-6-15(10-14)18-12-19(22(25)30)26-23-17(18)8-9-27(23)20-7-2-1-5-16(20)11-21(28)29/h1-10,12H,11,13,24H2,(H2,25,30)(H,28,29). The van der Waals surface area contributed by atoms with E-state index in [-0.39, 0.29) is 12.1 Å². The van der Waals surface area contributed by atoms with Gasteiger partial charge in [0.1, 0.15) is 11.3 Å². The maximum atomic E-state index is 12.0. The number of aromatic nitrogens is 2. The van der Waals surface area contributed by atoms with Crippen LogP contribution in [0.25, 0.3) is 27.8 Å². The van der Waals surface area contributed by atoms with Crippen LogP contribution in [0.5, 0.6) is 0 Å². The quantitative estimate of drug-likeness (QED) is 0.459. The lowest BCUT2D eigenvalue weighted by molar-refractivity contribution is -0.136. The van der Waals surface area contributed by atoms with Crippen molar-refractivity contribution in [3.63, 3.8) is 0 Å². The van der Waals surface area contributed by atoms with Gasteiger partial charge >= 0.3 is 5.97 Å². The number of aliphatic carboxylic acids is 1. The highest BCUT2D eigenvalue weighted by Gasteiger charge is 2.17. The Balaban J connectivity index is 1.99. The van der Waals surface area contributed by atoms with Gasteiger partial charge in [-0.15, -0.1) is 0 Å². The van der Waals surface area contributed by atoms with Crippen molar-refractivity contribution in [1.82, 2.24) is 9.55 Å². The average molecular weight is 400 g/mol. The van der Waals surface area contributed by atoms with Gasteiger partial charge in [0.25, 0.3) is 5.91 Å². The minimum absolute atomic E-state index is 0.128. The molecule has 30 heavy (non-hydrogen) atoms. The first-order valence-corrected chi connectivity index (χ1v) is 9.39. The van der Waals surface area contributed by atoms with Crippen molar-refractivity contribution in [2.45, 2.75) is 13.0 Å². The molecule has 2 heterocycles. The fourth-order valence-electron chi connectivity index (χ4n) is 3.59. The fraction of sp³-hybridized carbons (Fsp3) is 0.0870. The summed E-state index contributed by atoms with van der Waals surface area (Å²) in [7, 11) is 0. The van der Waals surface area contributed by atoms with E-state index in [4.69, 9.17) is 11.5 Å². The van der Waals surface area contributed by atoms with Crippen molar-refractivity contribution in [1.29, 1.82) is 0 Å². The molecule has 0 atom stereocenters. The Morgan fingerprint density at radius 3 is 2.57 bits per heavy atom. The van der Waals surface area contributed by atoms with Crippen molar-refractivity contribution < 1.29 is 14.7 Å². The number of carboxylic acid groups (broad SMARTS) is 1. The van der Waals surface area contributed by atoms with Gasteiger partial charge in [0.05, 0.1) is 12.1 Å². The summed E-state index contributed by atoms with van der Waals surface area (Å²) in [5, 5.41) is 10.1. The highest BCUT2D eigenvalue weighted by molar-refractivity contribution is 6.00. The molecule has 0 aliphatic heterocycles. The summed E-state index contributed by atoms with van der Waals surface area (Å²) >= 11 is 0. The summed E-state index contributed by atoms with van der Waals surface area (Å²) in [5.41, 5.74) is 16.0. The Labute approximate surface area is 172 Å². The zero-order valence-electron chi connectivity index (χ0n) is 16.1. The van der Waals surface area contributed by atoms with E-state index in [9.17, 15) is 14.7 Å². The van der Waals surface area contributed by atoms with E-state index in [1.54, 1.807) is 22.8 Å². The normalized spacial score (nSPS) is 11.0. The lowest BCUT2D eigenvalue weighted by atomic mass is 10.0. The summed E-state index contributed by atoms with van der Waals surface area (Å²) in [4.78, 5) is 27.8. The highest BCUT2D eigenvalue weighted by Crippen LogP contribution is 2.32. The second-order valence-electron chi connectivity index (χ2n) is 6.95. The van der Waals surface area contributed by atoms with Gasteiger partial charge in [-0.2, -0.15) is 0 Å². The van der Waals surface area contributed by atoms with Gasteiger partial charge in [-0.05, 0) is 46.5 Å². The van der Waals surface area contributed by atoms with Gasteiger partial charge in [0.2, 0.25) is 0 Å². The second kappa shape index (κ2) is 7.81. The minimum Gasteiger partial charge on any atom is -0.481 e. The molecule has 0 unspecified atom stereocenters. The van der Waals surface area contributed by atoms with Gasteiger partial charge in [-0.3, -0.25) is 9.59 Å². The molecule has 2 aromatic heterocycles. The first kappa shape index (κ1) is 19.4. The molecule has 4 aromatic rings. The maximum absolute atomic E-state index is 12.0. The van der Waals surface area contributed by atoms with Crippen LogP contribution in [0.4, 0.5) is 0 Å². The molecular weight excluding hydrogens is 380 g/mol. The molecule has 2 aromatic carbocycles. The number of rotatable bonds is 6. The molecule has 7 heteroatoms. The fourth-order valence-corrected chi connectivity index (χ4v) is 3.59. The second-order valence-corrected chi connectivity index (χ2v) is 6.95. The molecule has 7 nitrogen and oxygen atoms in total. The van der Waals surface area contributed by atoms with Crippen LogP contribution in [0.3, 0.4) is 0 Å². The largest absolute Gasteiger partial charge is 0.481 e. The number of nitrogens with zero attached hydrogens (tertiary/aromatic N) is 2. The Hall–Kier alpha value is -3.97. The molecule has 0 saturated carbocycles. The first-order valence-electron chi connectivity index (χ1n) is 9.39. The van der Waals surface area contributed by atoms with Crippen LogP contribution >= 0.6 is 0 Å². The third-order valence-electron chi connectivity index (χ3n) is 4.98. The molecule has 0 saturated heterocycles. The number of carbonyl (C=O) groups is 2. The number of hydrogen-bond donors (Lipinski definition) is 3. The molecule has 1 amide bonds. The molecule has 0 spiro atoms. The van der Waals surface area contributed by atoms with Gasteiger partial charge in [-0.25, -0.2) is 4.98 Å². The lowest BCUT2D eigenvalue weighted by Gasteiger charge is -2.12. The Morgan fingerprint density at radius 1 is 1.03 bits per heavy atom. The van der Waals surface area contributed by atoms with Gasteiger partial charge in [0.15, 0.2) is 0 Å². The van der Waals surface area contributed by atoms with Crippen molar-refractivity contribution in [2.24, 2.45) is 11.5 Å². The van der Waals surface area contributed by atoms with E-state index < -0.39 is 11.9 Å². The smallest absolute Gasteiger partial charge is 0.307 e. The van der Waals surface area contributed by atoms with E-state index in [1.165, 1.54) is 0 Å². The summed E-state index contributed by atoms with van der Waals surface area (Å²) in [6, 6.07) is 18.5. The van der Waals surface area contributed by atoms with Gasteiger partial charge < -0.3 is 21.1 Å². The number of primary amides is 1. The number of carbonyl (C=O) groups excluding carboxylic acids is 1. The number of nitrogens with two attached hydrogens (primary N) is 2. The number of carboxylic acids is 1. The van der Waals surface area contributed by atoms with Crippen LogP contribution < -0.4 is 11.5 Å². The number of fused-ring (bicyclic) bond motifs is 1. The Kier molecular flexibility index (Phi) is 5.04. The number of amides is 1. The number of pyridine rings is 1. The maximum Gasteiger partial charge on any atom is 0.307 e. The summed E-state index contributed by atoms with van der Waals surface area (Å²) in [6.07, 6.45) is 1.69. The van der Waals surface area contributed by atoms with Crippen molar-refractivity contribution in [3.8, 4) is 16.8 Å². The minimum atomic E-state index is -0.927. The number of benzene rings is 2. The van der Waals surface area contributed by atoms with Gasteiger partial charge in [0, 0.05) is 18.1 Å². The predicted octanol–water partition coefficient (Wildman–Crippen LogP) is 2.88. The van der Waals surface area contributed by atoms with Crippen LogP contribution in [-0.4, -0.2) is 26.5 Å². The van der Waals surface area contributed by atoms with Crippen molar-refractivity contribution in [2.75, 3.05) is 0 Å². The van der Waals surface area contributed by atoms with E-state index in [1.807, 2.05) is 48.7 Å². The summed E-state index contributed by atoms with van der Waals surface area (Å²) < 4.78 is 1.79. The predicted molar refractivity (Wildman–Crippen MR) is 114 cm³/mol. The molecule has 5 N–H and O–H groups in total. The lowest BCUT2D eigenvalue weighted by Crippen LogP contribution is -2.14. The van der Waals surface area contributed by atoms with E-state index in [2.05, 4.69) is 4.98 Å². The molecule has 0 aliphatic carbocycles. The van der Waals surface area contributed by atoms with Crippen molar-refractivity contribution >= 4 is 22.9 Å². The molecule has 150 valence electrons. The highest BCUT2D eigenvalue weighted by atomic mass is 16.4. The zero-order valence-corrected chi connectivity index (χ0v) is 16.1. The molecule has 4 rings (SSSR count). The van der Waals surface area contributed by atoms with E-state index in [0.29, 0.717) is 23.4 Å². The van der Waals surface area contributed by atoms with E-state index >= 15 is 0 Å². The van der Waals surface area contributed by atoms with Crippen molar-refractivity contribution in [3.05, 3.63) is 83.7 Å². The molecule has 0 fully saturated rings. The van der Waals surface area contributed by atoms with E-state index in [0.717, 1.165) is 22.1 Å². The van der Waals surface area contributed by atoms with Crippen LogP contribution in [0, 0.1) is 0 Å². The van der Waals surface area contributed by atoms with Crippen LogP contribution in [0.1, 0.15) is 21.6 Å². The zero-order chi connectivity index (χ0) is 21.3.